The van der Waals surface area contributed by atoms with Gasteiger partial charge in [0.05, 0.1) is 18.9 Å². The first-order valence-corrected chi connectivity index (χ1v) is 11.4. The zero-order valence-corrected chi connectivity index (χ0v) is 21.6. The van der Waals surface area contributed by atoms with Crippen molar-refractivity contribution in [2.75, 3.05) is 39.9 Å². The Balaban J connectivity index is 0.00000320. The summed E-state index contributed by atoms with van der Waals surface area (Å²) < 4.78 is 7.64. The van der Waals surface area contributed by atoms with Crippen LogP contribution in [0, 0.1) is 0 Å². The fourth-order valence-electron chi connectivity index (χ4n) is 5.09. The average molecular weight is 533 g/mol. The number of aryl methyl sites for hydroxylation is 2. The van der Waals surface area contributed by atoms with Gasteiger partial charge in [-0.3, -0.25) is 14.6 Å². The molecule has 1 aromatic rings. The molecular formula is C22H41IN6O. The molecule has 2 aliphatic rings. The number of ether oxygens (including phenoxy) is 1. The van der Waals surface area contributed by atoms with Gasteiger partial charge < -0.3 is 15.4 Å². The lowest BCUT2D eigenvalue weighted by Gasteiger charge is -2.48. The Kier molecular flexibility index (Phi) is 10.4. The molecule has 7 nitrogen and oxygen atoms in total. The third-order valence-corrected chi connectivity index (χ3v) is 6.74. The number of rotatable bonds is 7. The molecule has 0 bridgehead atoms. The van der Waals surface area contributed by atoms with E-state index >= 15 is 0 Å². The molecule has 0 amide bonds. The molecule has 0 atom stereocenters. The molecular weight excluding hydrogens is 491 g/mol. The lowest BCUT2D eigenvalue weighted by atomic mass is 9.80. The van der Waals surface area contributed by atoms with Crippen LogP contribution >= 0.6 is 24.0 Å². The number of aliphatic imine (C=N–C) groups is 1. The zero-order valence-electron chi connectivity index (χ0n) is 19.3. The summed E-state index contributed by atoms with van der Waals surface area (Å²) in [4.78, 5) is 7.17. The third-order valence-electron chi connectivity index (χ3n) is 6.74. The van der Waals surface area contributed by atoms with E-state index < -0.39 is 0 Å². The summed E-state index contributed by atoms with van der Waals surface area (Å²) >= 11 is 0. The predicted octanol–water partition coefficient (Wildman–Crippen LogP) is 2.86. The van der Waals surface area contributed by atoms with Crippen molar-refractivity contribution < 1.29 is 4.74 Å². The van der Waals surface area contributed by atoms with Crippen molar-refractivity contribution in [3.63, 3.8) is 0 Å². The van der Waals surface area contributed by atoms with Crippen LogP contribution in [0.3, 0.4) is 0 Å². The molecule has 1 saturated carbocycles. The molecule has 2 heterocycles. The van der Waals surface area contributed by atoms with Gasteiger partial charge in [0.25, 0.3) is 0 Å². The molecule has 3 rings (SSSR count). The normalized spacial score (nSPS) is 19.9. The van der Waals surface area contributed by atoms with Crippen molar-refractivity contribution >= 4 is 29.9 Å². The highest BCUT2D eigenvalue weighted by molar-refractivity contribution is 14.0. The Morgan fingerprint density at radius 3 is 2.40 bits per heavy atom. The van der Waals surface area contributed by atoms with Gasteiger partial charge in [-0.15, -0.1) is 24.0 Å². The molecule has 1 aliphatic carbocycles. The van der Waals surface area contributed by atoms with Crippen molar-refractivity contribution in [3.8, 4) is 0 Å². The van der Waals surface area contributed by atoms with Gasteiger partial charge in [0.15, 0.2) is 5.96 Å². The van der Waals surface area contributed by atoms with Gasteiger partial charge in [-0.05, 0) is 25.7 Å². The van der Waals surface area contributed by atoms with E-state index in [-0.39, 0.29) is 29.5 Å². The fraction of sp³-hybridized carbons (Fsp3) is 0.818. The highest BCUT2D eigenvalue weighted by Gasteiger charge is 2.38. The highest BCUT2D eigenvalue weighted by Crippen LogP contribution is 2.33. The summed E-state index contributed by atoms with van der Waals surface area (Å²) in [5, 5.41) is 11.9. The minimum absolute atomic E-state index is 0. The number of morpholine rings is 1. The molecule has 0 radical (unpaired) electrons. The van der Waals surface area contributed by atoms with Crippen LogP contribution in [0.1, 0.15) is 62.9 Å². The molecule has 8 heteroatoms. The first kappa shape index (κ1) is 25.4. The molecule has 2 fully saturated rings. The van der Waals surface area contributed by atoms with Gasteiger partial charge >= 0.3 is 0 Å². The molecule has 1 saturated heterocycles. The Labute approximate surface area is 199 Å². The van der Waals surface area contributed by atoms with Gasteiger partial charge in [-0.1, -0.05) is 33.1 Å². The van der Waals surface area contributed by atoms with Gasteiger partial charge in [0.2, 0.25) is 0 Å². The smallest absolute Gasteiger partial charge is 0.191 e. The van der Waals surface area contributed by atoms with Crippen molar-refractivity contribution in [1.82, 2.24) is 25.3 Å². The fourth-order valence-corrected chi connectivity index (χ4v) is 5.09. The number of hydrogen-bond donors (Lipinski definition) is 2. The monoisotopic (exact) mass is 532 g/mol. The topological polar surface area (TPSA) is 66.7 Å². The first-order valence-electron chi connectivity index (χ1n) is 11.4. The number of halogens is 1. The van der Waals surface area contributed by atoms with E-state index in [4.69, 9.17) is 9.84 Å². The maximum Gasteiger partial charge on any atom is 0.191 e. The summed E-state index contributed by atoms with van der Waals surface area (Å²) in [6.45, 7) is 9.89. The Bertz CT molecular complexity index is 677. The Morgan fingerprint density at radius 2 is 1.80 bits per heavy atom. The molecule has 172 valence electrons. The summed E-state index contributed by atoms with van der Waals surface area (Å²) in [6, 6.07) is 0. The second kappa shape index (κ2) is 12.2. The number of hydrogen-bond acceptors (Lipinski definition) is 4. The molecule has 0 aromatic carbocycles. The predicted molar refractivity (Wildman–Crippen MR) is 134 cm³/mol. The van der Waals surface area contributed by atoms with E-state index in [9.17, 15) is 0 Å². The highest BCUT2D eigenvalue weighted by atomic mass is 127. The van der Waals surface area contributed by atoms with Crippen LogP contribution in [0.4, 0.5) is 0 Å². The van der Waals surface area contributed by atoms with E-state index in [1.165, 1.54) is 49.1 Å². The van der Waals surface area contributed by atoms with E-state index in [1.807, 2.05) is 18.8 Å². The van der Waals surface area contributed by atoms with Gasteiger partial charge in [-0.25, -0.2) is 0 Å². The standard InChI is InChI=1S/C22H40N6O.HI/c1-5-19-18(20(6-2)27(4)26-19)16-24-21(23-3)25-17-22(10-8-7-9-11-22)28-12-14-29-15-13-28;/h5-17H2,1-4H3,(H2,23,24,25);1H. The SMILES string of the molecule is CCc1nn(C)c(CC)c1CNC(=NC)NCC1(N2CCOCC2)CCCCC1.I. The van der Waals surface area contributed by atoms with E-state index in [0.717, 1.165) is 58.2 Å². The minimum Gasteiger partial charge on any atom is -0.379 e. The van der Waals surface area contributed by atoms with Gasteiger partial charge in [0.1, 0.15) is 0 Å². The Hall–Kier alpha value is -0.870. The molecule has 0 spiro atoms. The lowest BCUT2D eigenvalue weighted by Crippen LogP contribution is -2.60. The number of guanidine groups is 1. The number of nitrogens with one attached hydrogen (secondary N) is 2. The number of nitrogens with zero attached hydrogens (tertiary/aromatic N) is 4. The second-order valence-electron chi connectivity index (χ2n) is 8.37. The van der Waals surface area contributed by atoms with Gasteiger partial charge in [-0.2, -0.15) is 5.10 Å². The minimum atomic E-state index is 0. The summed E-state index contributed by atoms with van der Waals surface area (Å²) in [6.07, 6.45) is 8.48. The van der Waals surface area contributed by atoms with Crippen LogP contribution < -0.4 is 10.6 Å². The summed E-state index contributed by atoms with van der Waals surface area (Å²) in [5.41, 5.74) is 4.05. The third kappa shape index (κ3) is 5.88. The van der Waals surface area contributed by atoms with Crippen LogP contribution in [-0.4, -0.2) is 66.1 Å². The molecule has 0 unspecified atom stereocenters. The maximum atomic E-state index is 5.61. The molecule has 1 aliphatic heterocycles. The van der Waals surface area contributed by atoms with Crippen LogP contribution in [-0.2, 0) is 31.2 Å². The summed E-state index contributed by atoms with van der Waals surface area (Å²) in [5.74, 6) is 0.885. The second-order valence-corrected chi connectivity index (χ2v) is 8.37. The van der Waals surface area contributed by atoms with Crippen molar-refractivity contribution in [2.45, 2.75) is 70.9 Å². The van der Waals surface area contributed by atoms with Gasteiger partial charge in [0, 0.05) is 57.1 Å². The van der Waals surface area contributed by atoms with Crippen LogP contribution in [0.2, 0.25) is 0 Å². The molecule has 1 aromatic heterocycles. The lowest BCUT2D eigenvalue weighted by molar-refractivity contribution is -0.0352. The molecule has 30 heavy (non-hydrogen) atoms. The number of aromatic nitrogens is 2. The van der Waals surface area contributed by atoms with Crippen molar-refractivity contribution in [1.29, 1.82) is 0 Å². The van der Waals surface area contributed by atoms with Crippen LogP contribution in [0.15, 0.2) is 4.99 Å². The zero-order chi connectivity index (χ0) is 20.7. The van der Waals surface area contributed by atoms with E-state index in [1.54, 1.807) is 0 Å². The average Bonchev–Trinajstić information content (AvgIpc) is 3.09. The van der Waals surface area contributed by atoms with E-state index in [0.29, 0.717) is 0 Å². The maximum absolute atomic E-state index is 5.61. The first-order chi connectivity index (χ1) is 14.1. The largest absolute Gasteiger partial charge is 0.379 e. The molecule has 2 N–H and O–H groups in total. The Morgan fingerprint density at radius 1 is 1.10 bits per heavy atom. The summed E-state index contributed by atoms with van der Waals surface area (Å²) in [7, 11) is 3.91. The van der Waals surface area contributed by atoms with Crippen molar-refractivity contribution in [2.24, 2.45) is 12.0 Å². The van der Waals surface area contributed by atoms with Crippen molar-refractivity contribution in [3.05, 3.63) is 17.0 Å². The van der Waals surface area contributed by atoms with Crippen LogP contribution in [0.5, 0.6) is 0 Å². The quantitative estimate of drug-likeness (QED) is 0.321. The van der Waals surface area contributed by atoms with E-state index in [2.05, 4.69) is 34.4 Å². The van der Waals surface area contributed by atoms with Crippen LogP contribution in [0.25, 0.3) is 0 Å².